The van der Waals surface area contributed by atoms with Gasteiger partial charge in [0, 0.05) is 6.42 Å². The highest BCUT2D eigenvalue weighted by atomic mass is 16.7. The summed E-state index contributed by atoms with van der Waals surface area (Å²) in [5.74, 6) is -1.17. The fourth-order valence-electron chi connectivity index (χ4n) is 12.8. The molecule has 8 atom stereocenters. The van der Waals surface area contributed by atoms with Crippen molar-refractivity contribution in [2.75, 3.05) is 13.2 Å². The van der Waals surface area contributed by atoms with Crippen molar-refractivity contribution < 1.29 is 49.3 Å². The van der Waals surface area contributed by atoms with Gasteiger partial charge in [-0.2, -0.15) is 0 Å². The smallest absolute Gasteiger partial charge is 0.306 e. The predicted molar refractivity (Wildman–Crippen MR) is 384 cm³/mol. The number of aliphatic hydroxyl groups is 5. The van der Waals surface area contributed by atoms with E-state index in [2.05, 4.69) is 50.4 Å². The lowest BCUT2D eigenvalue weighted by molar-refractivity contribution is -0.305. The highest BCUT2D eigenvalue weighted by Gasteiger charge is 2.47. The molecule has 0 bridgehead atoms. The Hall–Kier alpha value is -2.12. The van der Waals surface area contributed by atoms with Crippen LogP contribution in [0, 0.1) is 0 Å². The Kier molecular flexibility index (Phi) is 64.8. The number of rotatable bonds is 70. The second kappa shape index (κ2) is 67.8. The first-order valence-corrected chi connectivity index (χ1v) is 39.8. The van der Waals surface area contributed by atoms with Crippen LogP contribution in [0.1, 0.15) is 400 Å². The quantitative estimate of drug-likeness (QED) is 0.0195. The van der Waals surface area contributed by atoms with Crippen molar-refractivity contribution >= 4 is 11.9 Å². The molecule has 1 aliphatic rings. The van der Waals surface area contributed by atoms with Crippen molar-refractivity contribution in [3.63, 3.8) is 0 Å². The number of nitrogens with one attached hydrogen (secondary N) is 1. The van der Waals surface area contributed by atoms with Gasteiger partial charge in [-0.15, -0.1) is 0 Å². The second-order valence-corrected chi connectivity index (χ2v) is 27.8. The summed E-state index contributed by atoms with van der Waals surface area (Å²) in [5.41, 5.74) is 0. The maximum Gasteiger partial charge on any atom is 0.306 e. The number of allylic oxidation sites excluding steroid dienone is 5. The number of hydrogen-bond acceptors (Lipinski definition) is 10. The number of ether oxygens (including phenoxy) is 3. The standard InChI is InChI=1S/C80H151NO10/c1-4-7-10-13-16-19-22-24-26-28-30-32-34-36-37-38-40-42-44-46-48-50-53-56-59-62-65-68-75(85)91-78-77(87)76(86)74(69-82)90-80(78)89-70-71(72(83)66-63-60-57-54-51-21-18-15-12-9-6-3)81-79(88)73(84)67-64-61-58-55-52-49-47-45-43-41-39-35-33-31-29-27-25-23-20-17-14-11-8-5-2/h24-27,63,66,71-74,76-78,80,82-84,86-87H,4-23,28-62,64-65,67-70H2,1-3H3,(H,81,88)/b26-24+,27-25+,66-63+. The van der Waals surface area contributed by atoms with E-state index < -0.39 is 67.4 Å². The van der Waals surface area contributed by atoms with Gasteiger partial charge in [-0.25, -0.2) is 0 Å². The minimum Gasteiger partial charge on any atom is -0.454 e. The molecular formula is C80H151NO10. The first-order valence-electron chi connectivity index (χ1n) is 39.8. The molecular weight excluding hydrogens is 1130 g/mol. The van der Waals surface area contributed by atoms with Crippen LogP contribution < -0.4 is 5.32 Å². The van der Waals surface area contributed by atoms with Gasteiger partial charge in [0.05, 0.1) is 25.4 Å². The molecule has 0 aromatic heterocycles. The van der Waals surface area contributed by atoms with Crippen LogP contribution in [0.25, 0.3) is 0 Å². The zero-order chi connectivity index (χ0) is 66.0. The topological polar surface area (TPSA) is 175 Å². The van der Waals surface area contributed by atoms with E-state index in [-0.39, 0.29) is 13.0 Å². The van der Waals surface area contributed by atoms with Gasteiger partial charge in [-0.05, 0) is 77.0 Å². The van der Waals surface area contributed by atoms with Crippen molar-refractivity contribution in [3.05, 3.63) is 36.5 Å². The van der Waals surface area contributed by atoms with E-state index in [1.165, 1.54) is 295 Å². The minimum atomic E-state index is -1.61. The Bertz CT molecular complexity index is 1620. The molecule has 0 aromatic carbocycles. The SMILES string of the molecule is CCCCCCCC/C=C/CCCCCCCCCCCCCCCCCCCC(=O)OC1C(OCC(NC(=O)C(O)CCCCCCCCCCCCCCCC/C=C/CCCCCCCC)C(O)/C=C/CCCCCCCCCCC)OC(CO)C(O)C1O. The van der Waals surface area contributed by atoms with Crippen molar-refractivity contribution in [3.8, 4) is 0 Å². The molecule has 1 aliphatic heterocycles. The largest absolute Gasteiger partial charge is 0.454 e. The third-order valence-corrected chi connectivity index (χ3v) is 19.0. The summed E-state index contributed by atoms with van der Waals surface area (Å²) in [6.45, 7) is 5.85. The first kappa shape index (κ1) is 86.9. The summed E-state index contributed by atoms with van der Waals surface area (Å²) in [5, 5.41) is 57.4. The van der Waals surface area contributed by atoms with Gasteiger partial charge in [0.25, 0.3) is 0 Å². The Labute approximate surface area is 562 Å². The molecule has 0 aromatic rings. The molecule has 1 amide bonds. The van der Waals surface area contributed by atoms with Crippen molar-refractivity contribution in [1.82, 2.24) is 5.32 Å². The van der Waals surface area contributed by atoms with Crippen LogP contribution >= 0.6 is 0 Å². The fourth-order valence-corrected chi connectivity index (χ4v) is 12.8. The predicted octanol–water partition coefficient (Wildman–Crippen LogP) is 21.3. The zero-order valence-corrected chi connectivity index (χ0v) is 60.0. The molecule has 11 nitrogen and oxygen atoms in total. The molecule has 0 aliphatic carbocycles. The number of unbranched alkanes of at least 4 members (excludes halogenated alkanes) is 52. The zero-order valence-electron chi connectivity index (χ0n) is 60.0. The molecule has 8 unspecified atom stereocenters. The van der Waals surface area contributed by atoms with Gasteiger partial charge in [0.1, 0.15) is 24.4 Å². The first-order chi connectivity index (χ1) is 44.7. The number of carbonyl (C=O) groups is 2. The van der Waals surface area contributed by atoms with Crippen molar-refractivity contribution in [2.24, 2.45) is 0 Å². The van der Waals surface area contributed by atoms with E-state index in [0.29, 0.717) is 19.3 Å². The maximum absolute atomic E-state index is 13.5. The van der Waals surface area contributed by atoms with Crippen molar-refractivity contribution in [2.45, 2.75) is 449 Å². The molecule has 0 saturated carbocycles. The lowest BCUT2D eigenvalue weighted by Crippen LogP contribution is -2.61. The molecule has 1 fully saturated rings. The van der Waals surface area contributed by atoms with Crippen LogP contribution in [-0.2, 0) is 23.8 Å². The molecule has 1 saturated heterocycles. The number of amides is 1. The Morgan fingerprint density at radius 2 is 0.725 bits per heavy atom. The number of hydrogen-bond donors (Lipinski definition) is 6. The molecule has 91 heavy (non-hydrogen) atoms. The highest BCUT2D eigenvalue weighted by Crippen LogP contribution is 2.27. The van der Waals surface area contributed by atoms with Gasteiger partial charge in [-0.3, -0.25) is 9.59 Å². The van der Waals surface area contributed by atoms with E-state index in [1.807, 2.05) is 6.08 Å². The van der Waals surface area contributed by atoms with E-state index >= 15 is 0 Å². The third-order valence-electron chi connectivity index (χ3n) is 19.0. The third kappa shape index (κ3) is 54.7. The van der Waals surface area contributed by atoms with Gasteiger partial charge in [0.15, 0.2) is 12.4 Å². The van der Waals surface area contributed by atoms with Crippen molar-refractivity contribution in [1.29, 1.82) is 0 Å². The summed E-state index contributed by atoms with van der Waals surface area (Å²) in [6, 6.07) is -1.02. The Morgan fingerprint density at radius 1 is 0.418 bits per heavy atom. The lowest BCUT2D eigenvalue weighted by atomic mass is 9.99. The van der Waals surface area contributed by atoms with E-state index in [4.69, 9.17) is 14.2 Å². The van der Waals surface area contributed by atoms with Crippen LogP contribution in [0.2, 0.25) is 0 Å². The van der Waals surface area contributed by atoms with Gasteiger partial charge < -0.3 is 45.1 Å². The van der Waals surface area contributed by atoms with E-state index in [0.717, 1.165) is 57.8 Å². The summed E-state index contributed by atoms with van der Waals surface area (Å²) in [4.78, 5) is 26.7. The van der Waals surface area contributed by atoms with Gasteiger partial charge in [0.2, 0.25) is 5.91 Å². The van der Waals surface area contributed by atoms with E-state index in [9.17, 15) is 35.1 Å². The molecule has 6 N–H and O–H groups in total. The summed E-state index contributed by atoms with van der Waals surface area (Å²) >= 11 is 0. The Balaban J connectivity index is 2.46. The monoisotopic (exact) mass is 1290 g/mol. The molecule has 536 valence electrons. The minimum absolute atomic E-state index is 0.129. The normalized spacial score (nSPS) is 18.1. The number of aliphatic hydroxyl groups excluding tert-OH is 5. The van der Waals surface area contributed by atoms with E-state index in [1.54, 1.807) is 6.08 Å². The summed E-state index contributed by atoms with van der Waals surface area (Å²) in [7, 11) is 0. The number of carbonyl (C=O) groups excluding carboxylic acids is 2. The van der Waals surface area contributed by atoms with Gasteiger partial charge in [-0.1, -0.05) is 353 Å². The highest BCUT2D eigenvalue weighted by molar-refractivity contribution is 5.80. The maximum atomic E-state index is 13.5. The summed E-state index contributed by atoms with van der Waals surface area (Å²) < 4.78 is 17.7. The van der Waals surface area contributed by atoms with Crippen LogP contribution in [0.4, 0.5) is 0 Å². The average molecular weight is 1290 g/mol. The van der Waals surface area contributed by atoms with Crippen LogP contribution in [0.5, 0.6) is 0 Å². The molecule has 0 radical (unpaired) electrons. The van der Waals surface area contributed by atoms with Gasteiger partial charge >= 0.3 is 5.97 Å². The lowest BCUT2D eigenvalue weighted by Gasteiger charge is -2.41. The molecule has 11 heteroatoms. The fraction of sp³-hybridized carbons (Fsp3) is 0.900. The van der Waals surface area contributed by atoms with Crippen LogP contribution in [0.15, 0.2) is 36.5 Å². The van der Waals surface area contributed by atoms with Crippen LogP contribution in [-0.4, -0.2) is 99.6 Å². The average Bonchev–Trinajstić information content (AvgIpc) is 1.14. The molecule has 0 spiro atoms. The molecule has 1 rings (SSSR count). The summed E-state index contributed by atoms with van der Waals surface area (Å²) in [6.07, 6.45) is 75.0. The Morgan fingerprint density at radius 3 is 1.07 bits per heavy atom. The second-order valence-electron chi connectivity index (χ2n) is 27.8. The molecule has 1 heterocycles. The number of esters is 1. The van der Waals surface area contributed by atoms with Crippen LogP contribution in [0.3, 0.4) is 0 Å².